The minimum atomic E-state index is -2.43. The Hall–Kier alpha value is -2.41. The van der Waals surface area contributed by atoms with Crippen LogP contribution in [-0.4, -0.2) is 23.0 Å². The van der Waals surface area contributed by atoms with Crippen molar-refractivity contribution in [3.63, 3.8) is 0 Å². The van der Waals surface area contributed by atoms with Crippen LogP contribution < -0.4 is 16.4 Å². The number of hydrogen-bond donors (Lipinski definition) is 4. The fraction of sp³-hybridized carbons (Fsp3) is 0.182. The largest absolute Gasteiger partial charge is 0.368 e. The number of aliphatic hydroxyl groups is 1. The maximum atomic E-state index is 11.7. The van der Waals surface area contributed by atoms with Crippen LogP contribution in [0.1, 0.15) is 11.1 Å². The summed E-state index contributed by atoms with van der Waals surface area (Å²) in [7, 11) is 0. The fourth-order valence-corrected chi connectivity index (χ4v) is 1.83. The van der Waals surface area contributed by atoms with E-state index in [1.165, 1.54) is 6.07 Å². The summed E-state index contributed by atoms with van der Waals surface area (Å²) >= 11 is 0. The smallest absolute Gasteiger partial charge is 0.318 e. The number of fused-ring (bicyclic) bond motifs is 1. The fourth-order valence-electron chi connectivity index (χ4n) is 1.83. The normalized spacial score (nSPS) is 21.1. The van der Waals surface area contributed by atoms with Crippen molar-refractivity contribution >= 4 is 23.5 Å². The van der Waals surface area contributed by atoms with Gasteiger partial charge in [0.15, 0.2) is 0 Å². The third kappa shape index (κ3) is 1.61. The van der Waals surface area contributed by atoms with Crippen LogP contribution in [0.25, 0.3) is 0 Å². The predicted octanol–water partition coefficient (Wildman–Crippen LogP) is -0.670. The molecule has 2 rings (SSSR count). The van der Waals surface area contributed by atoms with E-state index in [2.05, 4.69) is 5.32 Å². The number of urea groups is 1. The summed E-state index contributed by atoms with van der Waals surface area (Å²) in [5, 5.41) is 14.3. The summed E-state index contributed by atoms with van der Waals surface area (Å²) < 4.78 is 0. The summed E-state index contributed by atoms with van der Waals surface area (Å²) in [6, 6.07) is 3.64. The number of primary amides is 1. The second-order valence-corrected chi connectivity index (χ2v) is 4.03. The molecule has 1 atom stereocenters. The third-order valence-corrected chi connectivity index (χ3v) is 2.71. The lowest BCUT2D eigenvalue weighted by atomic mass is 9.93. The van der Waals surface area contributed by atoms with Gasteiger partial charge in [0.05, 0.1) is 0 Å². The Morgan fingerprint density at radius 1 is 1.44 bits per heavy atom. The number of imide groups is 1. The lowest BCUT2D eigenvalue weighted by molar-refractivity contribution is -0.149. The topological polar surface area (TPSA) is 122 Å². The molecule has 4 amide bonds. The molecule has 0 saturated carbocycles. The van der Waals surface area contributed by atoms with Gasteiger partial charge in [0, 0.05) is 11.3 Å². The van der Waals surface area contributed by atoms with E-state index in [0.29, 0.717) is 5.69 Å². The molecule has 0 bridgehead atoms. The zero-order valence-electron chi connectivity index (χ0n) is 9.48. The molecule has 7 nitrogen and oxygen atoms in total. The molecule has 1 aliphatic heterocycles. The van der Waals surface area contributed by atoms with E-state index in [0.717, 1.165) is 5.56 Å². The van der Waals surface area contributed by atoms with E-state index in [1.54, 1.807) is 24.4 Å². The summed E-state index contributed by atoms with van der Waals surface area (Å²) in [6.07, 6.45) is 0. The molecule has 5 N–H and O–H groups in total. The number of aryl methyl sites for hydroxylation is 1. The Morgan fingerprint density at radius 2 is 2.11 bits per heavy atom. The van der Waals surface area contributed by atoms with Crippen molar-refractivity contribution in [3.05, 3.63) is 29.3 Å². The highest BCUT2D eigenvalue weighted by Gasteiger charge is 2.52. The zero-order valence-corrected chi connectivity index (χ0v) is 9.48. The molecule has 0 fully saturated rings. The predicted molar refractivity (Wildman–Crippen MR) is 61.4 cm³/mol. The number of nitrogens with one attached hydrogen (secondary N) is 2. The maximum absolute atomic E-state index is 11.7. The second-order valence-electron chi connectivity index (χ2n) is 4.03. The van der Waals surface area contributed by atoms with Crippen molar-refractivity contribution in [1.29, 1.82) is 0 Å². The minimum absolute atomic E-state index is 0.103. The molecule has 0 spiro atoms. The van der Waals surface area contributed by atoms with Crippen molar-refractivity contribution in [3.8, 4) is 0 Å². The highest BCUT2D eigenvalue weighted by atomic mass is 16.3. The van der Waals surface area contributed by atoms with Gasteiger partial charge in [-0.2, -0.15) is 0 Å². The van der Waals surface area contributed by atoms with Crippen LogP contribution in [0.2, 0.25) is 0 Å². The lowest BCUT2D eigenvalue weighted by Gasteiger charge is -2.18. The van der Waals surface area contributed by atoms with Gasteiger partial charge in [0.25, 0.3) is 17.4 Å². The van der Waals surface area contributed by atoms with E-state index in [1.807, 2.05) is 0 Å². The Labute approximate surface area is 102 Å². The van der Waals surface area contributed by atoms with Crippen LogP contribution in [0.3, 0.4) is 0 Å². The first-order valence-corrected chi connectivity index (χ1v) is 5.11. The van der Waals surface area contributed by atoms with E-state index in [4.69, 9.17) is 5.73 Å². The first-order valence-electron chi connectivity index (χ1n) is 5.11. The van der Waals surface area contributed by atoms with Gasteiger partial charge in [-0.1, -0.05) is 17.7 Å². The molecule has 94 valence electrons. The van der Waals surface area contributed by atoms with Gasteiger partial charge in [-0.05, 0) is 13.0 Å². The van der Waals surface area contributed by atoms with Crippen LogP contribution in [-0.2, 0) is 15.2 Å². The minimum Gasteiger partial charge on any atom is -0.368 e. The molecule has 0 aromatic heterocycles. The maximum Gasteiger partial charge on any atom is 0.318 e. The highest BCUT2D eigenvalue weighted by Crippen LogP contribution is 2.36. The Balaban J connectivity index is 2.51. The Bertz CT molecular complexity index is 569. The van der Waals surface area contributed by atoms with Gasteiger partial charge >= 0.3 is 6.03 Å². The number of nitrogens with two attached hydrogens (primary N) is 1. The van der Waals surface area contributed by atoms with Crippen LogP contribution >= 0.6 is 0 Å². The Morgan fingerprint density at radius 3 is 2.72 bits per heavy atom. The molecular weight excluding hydrogens is 238 g/mol. The van der Waals surface area contributed by atoms with Crippen LogP contribution in [0.4, 0.5) is 10.5 Å². The first-order chi connectivity index (χ1) is 8.35. The average Bonchev–Trinajstić information content (AvgIpc) is 2.52. The third-order valence-electron chi connectivity index (χ3n) is 2.71. The van der Waals surface area contributed by atoms with Gasteiger partial charge in [0.1, 0.15) is 0 Å². The molecule has 1 heterocycles. The molecule has 7 heteroatoms. The van der Waals surface area contributed by atoms with E-state index < -0.39 is 23.4 Å². The molecule has 1 aromatic carbocycles. The average molecular weight is 249 g/mol. The molecule has 1 aromatic rings. The van der Waals surface area contributed by atoms with Crippen LogP contribution in [0.5, 0.6) is 0 Å². The van der Waals surface area contributed by atoms with Crippen LogP contribution in [0.15, 0.2) is 18.2 Å². The zero-order chi connectivity index (χ0) is 13.5. The molecule has 0 saturated heterocycles. The van der Waals surface area contributed by atoms with E-state index in [-0.39, 0.29) is 5.56 Å². The van der Waals surface area contributed by atoms with Gasteiger partial charge < -0.3 is 16.2 Å². The Kier molecular flexibility index (Phi) is 2.55. The molecule has 1 unspecified atom stereocenters. The van der Waals surface area contributed by atoms with Crippen molar-refractivity contribution in [2.24, 2.45) is 5.73 Å². The summed E-state index contributed by atoms with van der Waals surface area (Å²) in [6.45, 7) is 1.75. The molecule has 1 aliphatic rings. The monoisotopic (exact) mass is 249 g/mol. The van der Waals surface area contributed by atoms with Gasteiger partial charge in [-0.15, -0.1) is 0 Å². The number of anilines is 1. The standard InChI is InChI=1S/C11H11N3O4/c1-5-2-3-7-6(4-5)11(18,8(15)13-7)9(16)14-10(12)17/h2-4,18H,1H3,(H,13,15)(H3,12,14,16,17). The second kappa shape index (κ2) is 3.81. The van der Waals surface area contributed by atoms with Crippen LogP contribution in [0, 0.1) is 6.92 Å². The number of carbonyl (C=O) groups is 3. The van der Waals surface area contributed by atoms with Crippen molar-refractivity contribution in [2.45, 2.75) is 12.5 Å². The van der Waals surface area contributed by atoms with Crippen molar-refractivity contribution in [1.82, 2.24) is 5.32 Å². The first kappa shape index (κ1) is 12.1. The summed E-state index contributed by atoms with van der Waals surface area (Å²) in [4.78, 5) is 34.1. The summed E-state index contributed by atoms with van der Waals surface area (Å²) in [5.74, 6) is -2.08. The van der Waals surface area contributed by atoms with E-state index >= 15 is 0 Å². The van der Waals surface area contributed by atoms with Gasteiger partial charge in [-0.3, -0.25) is 14.9 Å². The summed E-state index contributed by atoms with van der Waals surface area (Å²) in [5.41, 5.74) is 3.56. The molecular formula is C11H11N3O4. The SMILES string of the molecule is Cc1ccc2c(c1)C(O)(C(=O)NC(N)=O)C(=O)N2. The number of hydrogen-bond acceptors (Lipinski definition) is 4. The number of amides is 4. The molecule has 0 aliphatic carbocycles. The highest BCUT2D eigenvalue weighted by molar-refractivity contribution is 6.21. The van der Waals surface area contributed by atoms with Gasteiger partial charge in [-0.25, -0.2) is 4.79 Å². The number of rotatable bonds is 1. The van der Waals surface area contributed by atoms with Gasteiger partial charge in [0.2, 0.25) is 0 Å². The molecule has 0 radical (unpaired) electrons. The number of carbonyl (C=O) groups excluding carboxylic acids is 3. The van der Waals surface area contributed by atoms with E-state index in [9.17, 15) is 19.5 Å². The quantitative estimate of drug-likeness (QED) is 0.493. The molecule has 18 heavy (non-hydrogen) atoms. The number of benzene rings is 1. The van der Waals surface area contributed by atoms with Crippen molar-refractivity contribution in [2.75, 3.05) is 5.32 Å². The van der Waals surface area contributed by atoms with Crippen molar-refractivity contribution < 1.29 is 19.5 Å². The lowest BCUT2D eigenvalue weighted by Crippen LogP contribution is -2.52.